The zero-order valence-electron chi connectivity index (χ0n) is 7.91. The molecule has 0 spiro atoms. The van der Waals surface area contributed by atoms with Crippen LogP contribution in [0.2, 0.25) is 8.67 Å². The second-order valence-corrected chi connectivity index (χ2v) is 7.54. The van der Waals surface area contributed by atoms with Gasteiger partial charge in [-0.25, -0.2) is 0 Å². The summed E-state index contributed by atoms with van der Waals surface area (Å²) in [7, 11) is 0. The number of rotatable bonds is 3. The predicted octanol–water partition coefficient (Wildman–Crippen LogP) is 5.16. The molecule has 0 bridgehead atoms. The Morgan fingerprint density at radius 1 is 1.31 bits per heavy atom. The van der Waals surface area contributed by atoms with Crippen molar-refractivity contribution < 1.29 is 5.11 Å². The summed E-state index contributed by atoms with van der Waals surface area (Å²) in [4.78, 5) is 1.93. The van der Waals surface area contributed by atoms with Gasteiger partial charge in [-0.2, -0.15) is 0 Å². The van der Waals surface area contributed by atoms with Gasteiger partial charge in [-0.05, 0) is 34.1 Å². The summed E-state index contributed by atoms with van der Waals surface area (Å²) in [5, 5.41) is 10.0. The summed E-state index contributed by atoms with van der Waals surface area (Å²) in [6.07, 6.45) is 0.0456. The molecular weight excluding hydrogens is 351 g/mol. The van der Waals surface area contributed by atoms with Crippen molar-refractivity contribution in [2.45, 2.75) is 12.5 Å². The zero-order chi connectivity index (χ0) is 11.7. The van der Waals surface area contributed by atoms with Crippen molar-refractivity contribution >= 4 is 61.8 Å². The first-order valence-electron chi connectivity index (χ1n) is 4.43. The smallest absolute Gasteiger partial charge is 0.107 e. The zero-order valence-corrected chi connectivity index (χ0v) is 12.6. The molecule has 2 heterocycles. The van der Waals surface area contributed by atoms with Crippen LogP contribution < -0.4 is 0 Å². The normalized spacial score (nSPS) is 13.0. The summed E-state index contributed by atoms with van der Waals surface area (Å²) >= 11 is 18.0. The first kappa shape index (κ1) is 12.9. The summed E-state index contributed by atoms with van der Waals surface area (Å²) < 4.78 is 2.24. The van der Waals surface area contributed by atoms with E-state index in [-0.39, 0.29) is 0 Å². The molecule has 16 heavy (non-hydrogen) atoms. The molecule has 6 heteroatoms. The van der Waals surface area contributed by atoms with Gasteiger partial charge in [-0.3, -0.25) is 0 Å². The van der Waals surface area contributed by atoms with Gasteiger partial charge in [0.1, 0.15) is 4.34 Å². The SMILES string of the molecule is OC(Cc1ccc(Cl)s1)c1cc(Br)c(Cl)s1. The molecule has 0 aliphatic heterocycles. The van der Waals surface area contributed by atoms with E-state index in [0.29, 0.717) is 10.8 Å². The lowest BCUT2D eigenvalue weighted by molar-refractivity contribution is 0.183. The minimum absolute atomic E-state index is 0.525. The monoisotopic (exact) mass is 356 g/mol. The maximum atomic E-state index is 10.0. The predicted molar refractivity (Wildman–Crippen MR) is 75.0 cm³/mol. The number of aliphatic hydroxyl groups excluding tert-OH is 1. The van der Waals surface area contributed by atoms with Crippen LogP contribution in [-0.4, -0.2) is 5.11 Å². The van der Waals surface area contributed by atoms with E-state index in [1.54, 1.807) is 0 Å². The van der Waals surface area contributed by atoms with E-state index < -0.39 is 6.10 Å². The van der Waals surface area contributed by atoms with Gasteiger partial charge in [-0.1, -0.05) is 23.2 Å². The minimum atomic E-state index is -0.525. The highest BCUT2D eigenvalue weighted by Gasteiger charge is 2.14. The lowest BCUT2D eigenvalue weighted by atomic mass is 10.2. The lowest BCUT2D eigenvalue weighted by Gasteiger charge is -2.05. The van der Waals surface area contributed by atoms with E-state index in [2.05, 4.69) is 15.9 Å². The number of thiophene rings is 2. The molecule has 0 aliphatic rings. The second kappa shape index (κ2) is 5.38. The van der Waals surface area contributed by atoms with Crippen molar-refractivity contribution in [2.75, 3.05) is 0 Å². The van der Waals surface area contributed by atoms with Crippen LogP contribution in [0.25, 0.3) is 0 Å². The Labute approximate surface area is 120 Å². The van der Waals surface area contributed by atoms with Crippen LogP contribution in [0.3, 0.4) is 0 Å². The molecule has 1 unspecified atom stereocenters. The van der Waals surface area contributed by atoms with Gasteiger partial charge in [0.15, 0.2) is 0 Å². The fourth-order valence-electron chi connectivity index (χ4n) is 1.28. The van der Waals surface area contributed by atoms with E-state index in [1.807, 2.05) is 18.2 Å². The average Bonchev–Trinajstić information content (AvgIpc) is 2.75. The Bertz CT molecular complexity index is 475. The Kier molecular flexibility index (Phi) is 4.32. The topological polar surface area (TPSA) is 20.2 Å². The fraction of sp³-hybridized carbons (Fsp3) is 0.200. The molecule has 86 valence electrons. The van der Waals surface area contributed by atoms with Crippen LogP contribution in [-0.2, 0) is 6.42 Å². The van der Waals surface area contributed by atoms with Gasteiger partial charge in [0.05, 0.1) is 10.4 Å². The molecule has 0 saturated heterocycles. The van der Waals surface area contributed by atoms with E-state index in [0.717, 1.165) is 18.6 Å². The largest absolute Gasteiger partial charge is 0.387 e. The molecule has 0 amide bonds. The van der Waals surface area contributed by atoms with Crippen LogP contribution in [0.5, 0.6) is 0 Å². The number of halogens is 3. The molecule has 2 aromatic heterocycles. The summed E-state index contributed by atoms with van der Waals surface area (Å²) in [6.45, 7) is 0. The van der Waals surface area contributed by atoms with Crippen LogP contribution in [0.15, 0.2) is 22.7 Å². The summed E-state index contributed by atoms with van der Waals surface area (Å²) in [6, 6.07) is 5.62. The van der Waals surface area contributed by atoms with Crippen molar-refractivity contribution in [1.82, 2.24) is 0 Å². The first-order valence-corrected chi connectivity index (χ1v) is 7.61. The van der Waals surface area contributed by atoms with Gasteiger partial charge in [0.25, 0.3) is 0 Å². The van der Waals surface area contributed by atoms with Crippen molar-refractivity contribution in [3.63, 3.8) is 0 Å². The van der Waals surface area contributed by atoms with Gasteiger partial charge >= 0.3 is 0 Å². The van der Waals surface area contributed by atoms with E-state index in [1.165, 1.54) is 22.7 Å². The van der Waals surface area contributed by atoms with Crippen molar-refractivity contribution in [2.24, 2.45) is 0 Å². The van der Waals surface area contributed by atoms with Gasteiger partial charge < -0.3 is 5.11 Å². The second-order valence-electron chi connectivity index (χ2n) is 3.20. The molecule has 0 aliphatic carbocycles. The molecule has 0 fully saturated rings. The average molecular weight is 358 g/mol. The molecule has 1 atom stereocenters. The molecule has 1 nitrogen and oxygen atoms in total. The molecule has 2 rings (SSSR count). The molecule has 0 aromatic carbocycles. The first-order chi connectivity index (χ1) is 7.56. The highest BCUT2D eigenvalue weighted by Crippen LogP contribution is 2.36. The Morgan fingerprint density at radius 2 is 2.06 bits per heavy atom. The summed E-state index contributed by atoms with van der Waals surface area (Å²) in [5.41, 5.74) is 0. The van der Waals surface area contributed by atoms with Crippen molar-refractivity contribution in [3.05, 3.63) is 41.1 Å². The molecule has 0 saturated carbocycles. The van der Waals surface area contributed by atoms with Gasteiger partial charge in [0, 0.05) is 20.6 Å². The summed E-state index contributed by atoms with van der Waals surface area (Å²) in [5.74, 6) is 0. The quantitative estimate of drug-likeness (QED) is 0.804. The van der Waals surface area contributed by atoms with Crippen LogP contribution >= 0.6 is 61.8 Å². The van der Waals surface area contributed by atoms with E-state index in [4.69, 9.17) is 23.2 Å². The van der Waals surface area contributed by atoms with E-state index in [9.17, 15) is 5.11 Å². The fourth-order valence-corrected chi connectivity index (χ4v) is 4.13. The van der Waals surface area contributed by atoms with Crippen molar-refractivity contribution in [3.8, 4) is 0 Å². The third-order valence-corrected chi connectivity index (χ3v) is 5.85. The number of hydrogen-bond acceptors (Lipinski definition) is 3. The van der Waals surface area contributed by atoms with E-state index >= 15 is 0 Å². The molecule has 0 radical (unpaired) electrons. The Balaban J connectivity index is 2.11. The van der Waals surface area contributed by atoms with Crippen LogP contribution in [0.1, 0.15) is 15.9 Å². The highest BCUT2D eigenvalue weighted by molar-refractivity contribution is 9.10. The standard InChI is InChI=1S/C10H7BrCl2OS2/c11-6-4-8(16-10(6)13)7(14)3-5-1-2-9(12)15-5/h1-2,4,7,14H,3H2. The van der Waals surface area contributed by atoms with Gasteiger partial charge in [0.2, 0.25) is 0 Å². The third-order valence-electron chi connectivity index (χ3n) is 2.02. The minimum Gasteiger partial charge on any atom is -0.387 e. The van der Waals surface area contributed by atoms with Gasteiger partial charge in [-0.15, -0.1) is 22.7 Å². The molecule has 1 N–H and O–H groups in total. The Hall–Kier alpha value is 0.420. The molecule has 2 aromatic rings. The van der Waals surface area contributed by atoms with Crippen molar-refractivity contribution in [1.29, 1.82) is 0 Å². The highest BCUT2D eigenvalue weighted by atomic mass is 79.9. The number of aliphatic hydroxyl groups is 1. The maximum absolute atomic E-state index is 10.0. The van der Waals surface area contributed by atoms with Crippen LogP contribution in [0.4, 0.5) is 0 Å². The third kappa shape index (κ3) is 3.00. The Morgan fingerprint density at radius 3 is 2.56 bits per heavy atom. The lowest BCUT2D eigenvalue weighted by Crippen LogP contribution is -1.97. The number of hydrogen-bond donors (Lipinski definition) is 1. The van der Waals surface area contributed by atoms with Crippen LogP contribution in [0, 0.1) is 0 Å². The molecular formula is C10H7BrCl2OS2. The maximum Gasteiger partial charge on any atom is 0.107 e.